The van der Waals surface area contributed by atoms with Crippen LogP contribution in [0, 0.1) is 5.92 Å². The van der Waals surface area contributed by atoms with E-state index in [2.05, 4.69) is 29.3 Å². The average molecular weight is 223 g/mol. The van der Waals surface area contributed by atoms with Gasteiger partial charge in [-0.2, -0.15) is 0 Å². The van der Waals surface area contributed by atoms with Crippen LogP contribution in [0.1, 0.15) is 25.1 Å². The molecule has 1 saturated heterocycles. The summed E-state index contributed by atoms with van der Waals surface area (Å²) in [5, 5.41) is 2.11. The molecule has 2 rings (SSSR count). The van der Waals surface area contributed by atoms with Gasteiger partial charge in [-0.25, -0.2) is 0 Å². The number of piperidine rings is 1. The van der Waals surface area contributed by atoms with Crippen LogP contribution in [0.3, 0.4) is 0 Å². The summed E-state index contributed by atoms with van der Waals surface area (Å²) in [4.78, 5) is 15.3. The molecule has 2 nitrogen and oxygen atoms in total. The number of ketones is 1. The highest BCUT2D eigenvalue weighted by Gasteiger charge is 2.30. The van der Waals surface area contributed by atoms with E-state index in [1.807, 2.05) is 6.92 Å². The molecular weight excluding hydrogens is 206 g/mol. The number of Topliss-reactive ketones (excluding diaryl/α,β-unsaturated/α-hetero) is 1. The van der Waals surface area contributed by atoms with Gasteiger partial charge in [-0.3, -0.25) is 9.69 Å². The summed E-state index contributed by atoms with van der Waals surface area (Å²) < 4.78 is 0. The van der Waals surface area contributed by atoms with Crippen molar-refractivity contribution in [1.82, 2.24) is 4.90 Å². The van der Waals surface area contributed by atoms with Gasteiger partial charge in [0.25, 0.3) is 0 Å². The quantitative estimate of drug-likeness (QED) is 0.768. The van der Waals surface area contributed by atoms with Crippen molar-refractivity contribution in [3.05, 3.63) is 22.4 Å². The minimum atomic E-state index is 0.193. The molecular formula is C12H17NOS. The molecule has 0 radical (unpaired) electrons. The van der Waals surface area contributed by atoms with Crippen molar-refractivity contribution in [1.29, 1.82) is 0 Å². The first-order valence-electron chi connectivity index (χ1n) is 5.47. The van der Waals surface area contributed by atoms with Gasteiger partial charge in [0.2, 0.25) is 0 Å². The molecule has 1 aromatic rings. The average Bonchev–Trinajstić information content (AvgIpc) is 2.72. The van der Waals surface area contributed by atoms with Crippen LogP contribution in [0.15, 0.2) is 17.5 Å². The lowest BCUT2D eigenvalue weighted by Crippen LogP contribution is -2.46. The van der Waals surface area contributed by atoms with Gasteiger partial charge in [-0.1, -0.05) is 13.0 Å². The largest absolute Gasteiger partial charge is 0.299 e. The molecule has 1 fully saturated rings. The molecule has 0 bridgehead atoms. The molecule has 2 heterocycles. The molecule has 1 aromatic heterocycles. The van der Waals surface area contributed by atoms with Gasteiger partial charge in [0, 0.05) is 36.3 Å². The summed E-state index contributed by atoms with van der Waals surface area (Å²) in [6.07, 6.45) is 0.719. The smallest absolute Gasteiger partial charge is 0.138 e. The lowest BCUT2D eigenvalue weighted by Gasteiger charge is -2.36. The Labute approximate surface area is 94.9 Å². The number of rotatable bonds is 2. The Kier molecular flexibility index (Phi) is 3.22. The van der Waals surface area contributed by atoms with E-state index in [9.17, 15) is 4.79 Å². The minimum absolute atomic E-state index is 0.193. The Bertz CT molecular complexity index is 333. The van der Waals surface area contributed by atoms with E-state index in [4.69, 9.17) is 0 Å². The normalized spacial score (nSPS) is 28.3. The van der Waals surface area contributed by atoms with Crippen molar-refractivity contribution in [2.75, 3.05) is 6.54 Å². The van der Waals surface area contributed by atoms with E-state index < -0.39 is 0 Å². The third-order valence-corrected chi connectivity index (χ3v) is 4.25. The highest BCUT2D eigenvalue weighted by molar-refractivity contribution is 7.09. The maximum absolute atomic E-state index is 11.5. The van der Waals surface area contributed by atoms with E-state index in [-0.39, 0.29) is 5.92 Å². The molecule has 1 aliphatic heterocycles. The Morgan fingerprint density at radius 1 is 1.53 bits per heavy atom. The van der Waals surface area contributed by atoms with Crippen LogP contribution in [-0.2, 0) is 11.3 Å². The number of likely N-dealkylation sites (tertiary alicyclic amines) is 1. The van der Waals surface area contributed by atoms with Gasteiger partial charge >= 0.3 is 0 Å². The molecule has 0 aromatic carbocycles. The van der Waals surface area contributed by atoms with Crippen LogP contribution < -0.4 is 0 Å². The molecule has 2 unspecified atom stereocenters. The molecule has 0 saturated carbocycles. The lowest BCUT2D eigenvalue weighted by molar-refractivity contribution is -0.128. The summed E-state index contributed by atoms with van der Waals surface area (Å²) in [6, 6.07) is 4.63. The Hall–Kier alpha value is -0.670. The molecule has 0 spiro atoms. The Morgan fingerprint density at radius 2 is 2.33 bits per heavy atom. The molecule has 15 heavy (non-hydrogen) atoms. The predicted octanol–water partition coefficient (Wildman–Crippen LogP) is 2.55. The monoisotopic (exact) mass is 223 g/mol. The van der Waals surface area contributed by atoms with Crippen LogP contribution in [0.5, 0.6) is 0 Å². The fourth-order valence-corrected chi connectivity index (χ4v) is 2.83. The van der Waals surface area contributed by atoms with Crippen molar-refractivity contribution >= 4 is 17.1 Å². The van der Waals surface area contributed by atoms with Gasteiger partial charge in [0.05, 0.1) is 0 Å². The summed E-state index contributed by atoms with van der Waals surface area (Å²) in [6.45, 7) is 6.13. The predicted molar refractivity (Wildman–Crippen MR) is 63.0 cm³/mol. The number of hydrogen-bond acceptors (Lipinski definition) is 3. The van der Waals surface area contributed by atoms with Crippen LogP contribution in [-0.4, -0.2) is 23.3 Å². The number of carbonyl (C=O) groups excluding carboxylic acids is 1. The van der Waals surface area contributed by atoms with Crippen LogP contribution in [0.4, 0.5) is 0 Å². The fourth-order valence-electron chi connectivity index (χ4n) is 2.10. The second-order valence-electron chi connectivity index (χ2n) is 4.30. The highest BCUT2D eigenvalue weighted by atomic mass is 32.1. The van der Waals surface area contributed by atoms with Crippen LogP contribution in [0.2, 0.25) is 0 Å². The van der Waals surface area contributed by atoms with E-state index in [0.29, 0.717) is 11.8 Å². The summed E-state index contributed by atoms with van der Waals surface area (Å²) in [5.74, 6) is 0.614. The summed E-state index contributed by atoms with van der Waals surface area (Å²) in [5.41, 5.74) is 0. The zero-order valence-electron chi connectivity index (χ0n) is 9.27. The van der Waals surface area contributed by atoms with E-state index in [1.165, 1.54) is 4.88 Å². The molecule has 82 valence electrons. The second kappa shape index (κ2) is 4.45. The van der Waals surface area contributed by atoms with Gasteiger partial charge in [-0.05, 0) is 18.4 Å². The summed E-state index contributed by atoms with van der Waals surface area (Å²) >= 11 is 1.79. The van der Waals surface area contributed by atoms with Gasteiger partial charge < -0.3 is 0 Å². The summed E-state index contributed by atoms with van der Waals surface area (Å²) in [7, 11) is 0. The number of thiophene rings is 1. The van der Waals surface area contributed by atoms with Crippen molar-refractivity contribution in [2.24, 2.45) is 5.92 Å². The van der Waals surface area contributed by atoms with E-state index in [1.54, 1.807) is 11.3 Å². The second-order valence-corrected chi connectivity index (χ2v) is 5.33. The third-order valence-electron chi connectivity index (χ3n) is 3.39. The maximum Gasteiger partial charge on any atom is 0.138 e. The fraction of sp³-hybridized carbons (Fsp3) is 0.583. The highest BCUT2D eigenvalue weighted by Crippen LogP contribution is 2.23. The first-order valence-corrected chi connectivity index (χ1v) is 6.35. The molecule has 1 aliphatic rings. The molecule has 2 atom stereocenters. The Balaban J connectivity index is 2.01. The van der Waals surface area contributed by atoms with E-state index in [0.717, 1.165) is 19.5 Å². The van der Waals surface area contributed by atoms with Crippen molar-refractivity contribution in [3.63, 3.8) is 0 Å². The topological polar surface area (TPSA) is 20.3 Å². The SMILES string of the molecule is CC1C(=O)CCN(Cc2cccs2)C1C. The molecule has 0 amide bonds. The zero-order chi connectivity index (χ0) is 10.8. The van der Waals surface area contributed by atoms with Gasteiger partial charge in [-0.15, -0.1) is 11.3 Å². The van der Waals surface area contributed by atoms with Crippen molar-refractivity contribution in [2.45, 2.75) is 32.9 Å². The molecule has 0 N–H and O–H groups in total. The Morgan fingerprint density at radius 3 is 3.00 bits per heavy atom. The zero-order valence-corrected chi connectivity index (χ0v) is 10.1. The van der Waals surface area contributed by atoms with Crippen LogP contribution >= 0.6 is 11.3 Å². The first-order chi connectivity index (χ1) is 7.18. The lowest BCUT2D eigenvalue weighted by atomic mass is 9.91. The van der Waals surface area contributed by atoms with Crippen molar-refractivity contribution in [3.8, 4) is 0 Å². The standard InChI is InChI=1S/C12H17NOS/c1-9-10(2)13(6-5-12(9)14)8-11-4-3-7-15-11/h3-4,7,9-10H,5-6,8H2,1-2H3. The maximum atomic E-state index is 11.5. The first kappa shape index (κ1) is 10.8. The minimum Gasteiger partial charge on any atom is -0.299 e. The number of carbonyl (C=O) groups is 1. The van der Waals surface area contributed by atoms with Crippen LogP contribution in [0.25, 0.3) is 0 Å². The molecule has 3 heteroatoms. The van der Waals surface area contributed by atoms with Crippen molar-refractivity contribution < 1.29 is 4.79 Å². The third kappa shape index (κ3) is 2.29. The van der Waals surface area contributed by atoms with E-state index >= 15 is 0 Å². The molecule has 0 aliphatic carbocycles. The van der Waals surface area contributed by atoms with Gasteiger partial charge in [0.15, 0.2) is 0 Å². The van der Waals surface area contributed by atoms with Gasteiger partial charge in [0.1, 0.15) is 5.78 Å². The number of hydrogen-bond donors (Lipinski definition) is 0. The number of nitrogens with zero attached hydrogens (tertiary/aromatic N) is 1.